The van der Waals surface area contributed by atoms with Gasteiger partial charge >= 0.3 is 0 Å². The lowest BCUT2D eigenvalue weighted by Crippen LogP contribution is -2.17. The number of hydrogen-bond donors (Lipinski definition) is 0. The molecule has 0 saturated heterocycles. The molecule has 0 aromatic heterocycles. The van der Waals surface area contributed by atoms with E-state index in [4.69, 9.17) is 0 Å². The molecule has 0 nitrogen and oxygen atoms in total. The summed E-state index contributed by atoms with van der Waals surface area (Å²) in [6, 6.07) is 57.2. The highest BCUT2D eigenvalue weighted by Crippen LogP contribution is 2.58. The first kappa shape index (κ1) is 30.1. The van der Waals surface area contributed by atoms with Crippen LogP contribution in [0.25, 0.3) is 88.3 Å². The Hall–Kier alpha value is -5.72. The van der Waals surface area contributed by atoms with Gasteiger partial charge in [0.2, 0.25) is 0 Å². The molecule has 0 bridgehead atoms. The Kier molecular flexibility index (Phi) is 6.29. The topological polar surface area (TPSA) is 0 Å². The molecule has 8 aromatic rings. The van der Waals surface area contributed by atoms with Crippen molar-refractivity contribution in [2.45, 2.75) is 45.4 Å². The Bertz CT molecular complexity index is 2710. The maximum atomic E-state index is 2.45. The summed E-state index contributed by atoms with van der Waals surface area (Å²) >= 11 is 0. The van der Waals surface area contributed by atoms with Crippen molar-refractivity contribution in [2.75, 3.05) is 0 Å². The molecule has 10 rings (SSSR count). The van der Waals surface area contributed by atoms with Gasteiger partial charge in [-0.1, -0.05) is 180 Å². The molecule has 51 heavy (non-hydrogen) atoms. The van der Waals surface area contributed by atoms with Gasteiger partial charge in [0.15, 0.2) is 0 Å². The Labute approximate surface area is 301 Å². The average Bonchev–Trinajstić information content (AvgIpc) is 3.59. The van der Waals surface area contributed by atoms with E-state index in [1.165, 1.54) is 105 Å². The maximum Gasteiger partial charge on any atom is 0.0159 e. The molecule has 0 atom stereocenters. The molecular weight excluding hydrogens is 613 g/mol. The van der Waals surface area contributed by atoms with E-state index in [1.807, 2.05) is 0 Å². The predicted octanol–water partition coefficient (Wildman–Crippen LogP) is 14.2. The number of benzene rings is 8. The maximum absolute atomic E-state index is 2.45. The van der Waals surface area contributed by atoms with Gasteiger partial charge < -0.3 is 0 Å². The smallest absolute Gasteiger partial charge is 0.0159 e. The summed E-state index contributed by atoms with van der Waals surface area (Å²) in [5, 5.41) is 5.24. The van der Waals surface area contributed by atoms with E-state index in [2.05, 4.69) is 186 Å². The van der Waals surface area contributed by atoms with Crippen molar-refractivity contribution in [3.05, 3.63) is 168 Å². The summed E-state index contributed by atoms with van der Waals surface area (Å²) in [4.78, 5) is 0. The Morgan fingerprint density at radius 1 is 0.392 bits per heavy atom. The third-order valence-electron chi connectivity index (χ3n) is 11.8. The lowest BCUT2D eigenvalue weighted by molar-refractivity contribution is 0.584. The second-order valence-electron chi connectivity index (χ2n) is 16.1. The zero-order chi connectivity index (χ0) is 34.6. The summed E-state index contributed by atoms with van der Waals surface area (Å²) in [6.07, 6.45) is 0. The van der Waals surface area contributed by atoms with Gasteiger partial charge in [0, 0.05) is 5.41 Å². The van der Waals surface area contributed by atoms with Crippen molar-refractivity contribution >= 4 is 21.5 Å². The molecule has 0 heterocycles. The average molecular weight is 653 g/mol. The van der Waals surface area contributed by atoms with Crippen molar-refractivity contribution < 1.29 is 0 Å². The molecule has 2 aliphatic carbocycles. The van der Waals surface area contributed by atoms with Crippen LogP contribution < -0.4 is 0 Å². The normalized spacial score (nSPS) is 13.7. The van der Waals surface area contributed by atoms with Crippen LogP contribution in [0.3, 0.4) is 0 Å². The molecule has 2 aliphatic rings. The van der Waals surface area contributed by atoms with E-state index in [9.17, 15) is 0 Å². The van der Waals surface area contributed by atoms with Crippen LogP contribution in [0.1, 0.15) is 51.3 Å². The Balaban J connectivity index is 1.15. The molecule has 0 amide bonds. The van der Waals surface area contributed by atoms with Crippen LogP contribution in [0.15, 0.2) is 152 Å². The van der Waals surface area contributed by atoms with Crippen LogP contribution in [-0.2, 0) is 10.8 Å². The highest BCUT2D eigenvalue weighted by Gasteiger charge is 2.36. The third kappa shape index (κ3) is 4.33. The van der Waals surface area contributed by atoms with Gasteiger partial charge in [-0.15, -0.1) is 0 Å². The van der Waals surface area contributed by atoms with Crippen molar-refractivity contribution in [1.82, 2.24) is 0 Å². The summed E-state index contributed by atoms with van der Waals surface area (Å²) in [5.41, 5.74) is 20.1. The number of hydrogen-bond acceptors (Lipinski definition) is 0. The van der Waals surface area contributed by atoms with Crippen molar-refractivity contribution in [1.29, 1.82) is 0 Å². The summed E-state index contributed by atoms with van der Waals surface area (Å²) in [7, 11) is 0. The Morgan fingerprint density at radius 3 is 1.51 bits per heavy atom. The predicted molar refractivity (Wildman–Crippen MR) is 218 cm³/mol. The fourth-order valence-corrected chi connectivity index (χ4v) is 9.15. The summed E-state index contributed by atoms with van der Waals surface area (Å²) in [6.45, 7) is 11.7. The van der Waals surface area contributed by atoms with E-state index in [-0.39, 0.29) is 10.8 Å². The molecule has 8 aromatic carbocycles. The van der Waals surface area contributed by atoms with E-state index in [0.29, 0.717) is 0 Å². The molecule has 244 valence electrons. The summed E-state index contributed by atoms with van der Waals surface area (Å²) < 4.78 is 0. The van der Waals surface area contributed by atoms with Crippen LogP contribution in [0, 0.1) is 0 Å². The second-order valence-corrected chi connectivity index (χ2v) is 16.1. The minimum Gasteiger partial charge on any atom is -0.0622 e. The molecule has 0 spiro atoms. The van der Waals surface area contributed by atoms with Gasteiger partial charge in [0.25, 0.3) is 0 Å². The number of fused-ring (bicyclic) bond motifs is 7. The lowest BCUT2D eigenvalue weighted by atomic mass is 9.78. The summed E-state index contributed by atoms with van der Waals surface area (Å²) in [5.74, 6) is 0. The van der Waals surface area contributed by atoms with Gasteiger partial charge in [-0.3, -0.25) is 0 Å². The van der Waals surface area contributed by atoms with Gasteiger partial charge in [-0.05, 0) is 116 Å². The van der Waals surface area contributed by atoms with E-state index in [0.717, 1.165) is 0 Å². The molecule has 0 unspecified atom stereocenters. The third-order valence-corrected chi connectivity index (χ3v) is 11.8. The minimum absolute atomic E-state index is 0.0577. The van der Waals surface area contributed by atoms with Gasteiger partial charge in [-0.25, -0.2) is 0 Å². The van der Waals surface area contributed by atoms with E-state index >= 15 is 0 Å². The molecule has 0 N–H and O–H groups in total. The fourth-order valence-electron chi connectivity index (χ4n) is 9.15. The molecular formula is C51H40. The molecule has 0 heteroatoms. The second kappa shape index (κ2) is 10.6. The van der Waals surface area contributed by atoms with Crippen LogP contribution in [0.4, 0.5) is 0 Å². The quantitative estimate of drug-likeness (QED) is 0.178. The van der Waals surface area contributed by atoms with Crippen LogP contribution >= 0.6 is 0 Å². The first-order valence-corrected chi connectivity index (χ1v) is 18.3. The zero-order valence-electron chi connectivity index (χ0n) is 29.9. The SMILES string of the molecule is CC(C)(C)c1ccc2c(c1)C(C)(C)c1cc(-c3ccc(-c4c5c(c(-c6ccccc6)c6ccccc46)-c4cccc6cccc-5c46)cc3)ccc1-2. The van der Waals surface area contributed by atoms with Gasteiger partial charge in [0.05, 0.1) is 0 Å². The molecule has 0 radical (unpaired) electrons. The first-order valence-electron chi connectivity index (χ1n) is 18.3. The van der Waals surface area contributed by atoms with E-state index < -0.39 is 0 Å². The Morgan fingerprint density at radius 2 is 0.902 bits per heavy atom. The molecule has 0 aliphatic heterocycles. The van der Waals surface area contributed by atoms with Crippen LogP contribution in [0.2, 0.25) is 0 Å². The van der Waals surface area contributed by atoms with Crippen molar-refractivity contribution in [2.24, 2.45) is 0 Å². The highest BCUT2D eigenvalue weighted by molar-refractivity contribution is 6.27. The minimum atomic E-state index is -0.0577. The van der Waals surface area contributed by atoms with Crippen LogP contribution in [0.5, 0.6) is 0 Å². The molecule has 0 saturated carbocycles. The monoisotopic (exact) mass is 652 g/mol. The molecule has 0 fully saturated rings. The fraction of sp³-hybridized carbons (Fsp3) is 0.137. The van der Waals surface area contributed by atoms with Crippen molar-refractivity contribution in [3.8, 4) is 66.8 Å². The van der Waals surface area contributed by atoms with Crippen LogP contribution in [-0.4, -0.2) is 0 Å². The highest BCUT2D eigenvalue weighted by atomic mass is 14.4. The van der Waals surface area contributed by atoms with E-state index in [1.54, 1.807) is 0 Å². The number of rotatable bonds is 3. The largest absolute Gasteiger partial charge is 0.0622 e. The van der Waals surface area contributed by atoms with Gasteiger partial charge in [-0.2, -0.15) is 0 Å². The standard InChI is InChI=1S/C51H40/c1-50(2,3)36-26-28-38-37-27-25-35(29-43(37)51(4,5)44(38)30-36)31-21-23-34(24-22-31)47-40-18-10-9-17-39(40)46(33-13-7-6-8-14-33)48-41-19-11-15-32-16-12-20-42(45(32)41)49(47)48/h6-30H,1-5H3. The van der Waals surface area contributed by atoms with Crippen molar-refractivity contribution in [3.63, 3.8) is 0 Å². The lowest BCUT2D eigenvalue weighted by Gasteiger charge is -2.25. The van der Waals surface area contributed by atoms with Gasteiger partial charge in [0.1, 0.15) is 0 Å². The first-order chi connectivity index (χ1) is 24.7. The zero-order valence-corrected chi connectivity index (χ0v) is 29.9.